The van der Waals surface area contributed by atoms with E-state index < -0.39 is 0 Å². The van der Waals surface area contributed by atoms with E-state index in [1.54, 1.807) is 22.4 Å². The predicted octanol–water partition coefficient (Wildman–Crippen LogP) is -0.275. The van der Waals surface area contributed by atoms with E-state index in [2.05, 4.69) is 0 Å². The number of fused-ring (bicyclic) bond motifs is 1. The molecule has 0 saturated carbocycles. The van der Waals surface area contributed by atoms with Gasteiger partial charge < -0.3 is 14.1 Å². The highest BCUT2D eigenvalue weighted by Crippen LogP contribution is 2.13. The fourth-order valence-corrected chi connectivity index (χ4v) is 3.86. The summed E-state index contributed by atoms with van der Waals surface area (Å²) in [6.45, 7) is 2.07. The maximum absolute atomic E-state index is 12.0. The zero-order valence-electron chi connectivity index (χ0n) is 11.7. The van der Waals surface area contributed by atoms with E-state index in [1.165, 1.54) is 12.0 Å². The highest BCUT2D eigenvalue weighted by molar-refractivity contribution is 8.00. The number of thioether (sulfide) groups is 1. The number of carbonyl (C=O) groups is 1. The topological polar surface area (TPSA) is 65.9 Å². The van der Waals surface area contributed by atoms with E-state index in [1.807, 2.05) is 18.2 Å². The third-order valence-electron chi connectivity index (χ3n) is 3.67. The van der Waals surface area contributed by atoms with Gasteiger partial charge in [0.2, 0.25) is 0 Å². The number of hydrogen-bond donors (Lipinski definition) is 1. The molecule has 112 valence electrons. The maximum atomic E-state index is 12.0. The summed E-state index contributed by atoms with van der Waals surface area (Å²) in [5.41, 5.74) is 1.39. The summed E-state index contributed by atoms with van der Waals surface area (Å²) in [5, 5.41) is -0.160. The van der Waals surface area contributed by atoms with Gasteiger partial charge in [-0.25, -0.2) is 9.36 Å². The Morgan fingerprint density at radius 3 is 3.14 bits per heavy atom. The second-order valence-corrected chi connectivity index (χ2v) is 6.32. The lowest BCUT2D eigenvalue weighted by atomic mass is 10.3. The molecule has 3 rings (SSSR count). The Balaban J connectivity index is 1.80. The van der Waals surface area contributed by atoms with Crippen molar-refractivity contribution >= 4 is 28.8 Å². The van der Waals surface area contributed by atoms with Crippen LogP contribution in [-0.4, -0.2) is 41.7 Å². The van der Waals surface area contributed by atoms with Crippen LogP contribution in [-0.2, 0) is 16.2 Å². The number of nitrogens with zero attached hydrogens (tertiary/aromatic N) is 1. The van der Waals surface area contributed by atoms with Crippen LogP contribution in [0.2, 0.25) is 0 Å². The largest absolute Gasteiger partial charge is 0.468 e. The van der Waals surface area contributed by atoms with Crippen molar-refractivity contribution in [3.63, 3.8) is 0 Å². The molecule has 2 heterocycles. The van der Waals surface area contributed by atoms with Gasteiger partial charge in [-0.2, -0.15) is 0 Å². The first-order valence-corrected chi connectivity index (χ1v) is 7.85. The average Bonchev–Trinajstić information content (AvgIpc) is 2.83. The number of nitrogens with one attached hydrogen (secondary N) is 1. The molecule has 1 N–H and O–H groups in total. The fraction of sp³-hybridized carbons (Fsp3) is 0.429. The smallest absolute Gasteiger partial charge is 0.424 e. The van der Waals surface area contributed by atoms with E-state index in [0.29, 0.717) is 18.8 Å². The van der Waals surface area contributed by atoms with Gasteiger partial charge in [0, 0.05) is 5.75 Å². The van der Waals surface area contributed by atoms with Gasteiger partial charge in [-0.3, -0.25) is 4.79 Å². The summed E-state index contributed by atoms with van der Waals surface area (Å²) >= 11 is 1.61. The van der Waals surface area contributed by atoms with Crippen LogP contribution in [0.15, 0.2) is 33.5 Å². The van der Waals surface area contributed by atoms with E-state index in [-0.39, 0.29) is 17.0 Å². The summed E-state index contributed by atoms with van der Waals surface area (Å²) in [4.78, 5) is 24.8. The third-order valence-corrected chi connectivity index (χ3v) is 4.87. The van der Waals surface area contributed by atoms with Crippen LogP contribution in [0.1, 0.15) is 0 Å². The Morgan fingerprint density at radius 2 is 2.33 bits per heavy atom. The lowest BCUT2D eigenvalue weighted by Gasteiger charge is -2.27. The van der Waals surface area contributed by atoms with Gasteiger partial charge in [0.1, 0.15) is 6.54 Å². The molecular weight excluding hydrogens is 292 g/mol. The number of methoxy groups -OCH3 is 1. The number of benzene rings is 1. The number of ether oxygens (including phenoxy) is 1. The molecule has 6 nitrogen and oxygen atoms in total. The number of para-hydroxylation sites is 2. The van der Waals surface area contributed by atoms with Crippen molar-refractivity contribution in [3.05, 3.63) is 34.8 Å². The van der Waals surface area contributed by atoms with Crippen molar-refractivity contribution in [2.24, 2.45) is 0 Å². The number of oxazole rings is 1. The molecule has 1 fully saturated rings. The molecule has 0 radical (unpaired) electrons. The lowest BCUT2D eigenvalue weighted by Crippen LogP contribution is -3.14. The molecule has 1 aliphatic heterocycles. The molecule has 1 aromatic heterocycles. The molecule has 2 atom stereocenters. The molecule has 1 saturated heterocycles. The molecule has 0 amide bonds. The van der Waals surface area contributed by atoms with Crippen LogP contribution >= 0.6 is 11.8 Å². The Morgan fingerprint density at radius 1 is 1.52 bits per heavy atom. The minimum Gasteiger partial charge on any atom is -0.468 e. The Labute approximate surface area is 125 Å². The third kappa shape index (κ3) is 2.84. The zero-order valence-corrected chi connectivity index (χ0v) is 12.5. The van der Waals surface area contributed by atoms with Crippen LogP contribution < -0.4 is 10.7 Å². The quantitative estimate of drug-likeness (QED) is 0.791. The molecule has 1 aliphatic rings. The first-order chi connectivity index (χ1) is 10.2. The molecule has 0 aliphatic carbocycles. The second-order valence-electron chi connectivity index (χ2n) is 5.01. The molecule has 21 heavy (non-hydrogen) atoms. The van der Waals surface area contributed by atoms with Crippen LogP contribution in [0.5, 0.6) is 0 Å². The number of rotatable bonds is 3. The number of aromatic nitrogens is 1. The number of quaternary nitrogens is 1. The molecule has 0 spiro atoms. The van der Waals surface area contributed by atoms with Crippen molar-refractivity contribution < 1.29 is 18.8 Å². The van der Waals surface area contributed by atoms with Crippen molar-refractivity contribution in [2.45, 2.75) is 11.9 Å². The standard InChI is InChI=1S/C14H16N2O4S/c1-19-13(17)12-8-15(6-7-21-12)9-16-10-4-2-3-5-11(10)20-14(16)18/h2-5,12H,6-9H2,1H3/p+1/t12-/m0/s1. The number of hydrogen-bond acceptors (Lipinski definition) is 5. The van der Waals surface area contributed by atoms with Crippen molar-refractivity contribution in [2.75, 3.05) is 26.0 Å². The monoisotopic (exact) mass is 309 g/mol. The average molecular weight is 309 g/mol. The van der Waals surface area contributed by atoms with Crippen LogP contribution in [0.3, 0.4) is 0 Å². The Kier molecular flexibility index (Phi) is 4.03. The first-order valence-electron chi connectivity index (χ1n) is 6.80. The normalized spacial score (nSPS) is 22.3. The lowest BCUT2D eigenvalue weighted by molar-refractivity contribution is -0.920. The molecule has 2 aromatic rings. The summed E-state index contributed by atoms with van der Waals surface area (Å²) in [6.07, 6.45) is 0. The second kappa shape index (κ2) is 5.95. The molecule has 1 aromatic carbocycles. The maximum Gasteiger partial charge on any atom is 0.424 e. The SMILES string of the molecule is COC(=O)[C@@H]1C[NH+](Cn2c(=O)oc3ccccc32)CCS1. The molecule has 1 unspecified atom stereocenters. The van der Waals surface area contributed by atoms with Crippen LogP contribution in [0, 0.1) is 0 Å². The molecule has 7 heteroatoms. The summed E-state index contributed by atoms with van der Waals surface area (Å²) in [6, 6.07) is 7.38. The number of carbonyl (C=O) groups excluding carboxylic acids is 1. The Hall–Kier alpha value is -1.73. The van der Waals surface area contributed by atoms with Gasteiger partial charge in [-0.15, -0.1) is 11.8 Å². The van der Waals surface area contributed by atoms with Crippen LogP contribution in [0.4, 0.5) is 0 Å². The van der Waals surface area contributed by atoms with Gasteiger partial charge in [-0.05, 0) is 12.1 Å². The zero-order chi connectivity index (χ0) is 14.8. The van der Waals surface area contributed by atoms with Gasteiger partial charge in [0.15, 0.2) is 17.5 Å². The van der Waals surface area contributed by atoms with E-state index in [9.17, 15) is 9.59 Å². The van der Waals surface area contributed by atoms with Crippen LogP contribution in [0.25, 0.3) is 11.1 Å². The summed E-state index contributed by atoms with van der Waals surface area (Å²) < 4.78 is 11.7. The minimum absolute atomic E-state index is 0.160. The van der Waals surface area contributed by atoms with E-state index in [0.717, 1.165) is 17.8 Å². The van der Waals surface area contributed by atoms with E-state index in [4.69, 9.17) is 9.15 Å². The number of esters is 1. The highest BCUT2D eigenvalue weighted by Gasteiger charge is 2.30. The first kappa shape index (κ1) is 14.2. The fourth-order valence-electron chi connectivity index (χ4n) is 2.58. The van der Waals surface area contributed by atoms with Gasteiger partial charge >= 0.3 is 11.7 Å². The summed E-state index contributed by atoms with van der Waals surface area (Å²) in [5.74, 6) is 0.331. The minimum atomic E-state index is -0.350. The molecular formula is C14H17N2O4S+. The molecule has 0 bridgehead atoms. The van der Waals surface area contributed by atoms with Crippen molar-refractivity contribution in [1.29, 1.82) is 0 Å². The van der Waals surface area contributed by atoms with E-state index >= 15 is 0 Å². The van der Waals surface area contributed by atoms with Gasteiger partial charge in [0.25, 0.3) is 0 Å². The highest BCUT2D eigenvalue weighted by atomic mass is 32.2. The van der Waals surface area contributed by atoms with Gasteiger partial charge in [-0.1, -0.05) is 12.1 Å². The summed E-state index contributed by atoms with van der Waals surface area (Å²) in [7, 11) is 1.41. The van der Waals surface area contributed by atoms with Gasteiger partial charge in [0.05, 0.1) is 19.2 Å². The van der Waals surface area contributed by atoms with Crippen molar-refractivity contribution in [3.8, 4) is 0 Å². The van der Waals surface area contributed by atoms with Crippen molar-refractivity contribution in [1.82, 2.24) is 4.57 Å². The Bertz CT molecular complexity index is 708. The predicted molar refractivity (Wildman–Crippen MR) is 79.4 cm³/mol.